The summed E-state index contributed by atoms with van der Waals surface area (Å²) in [5.41, 5.74) is 0. The smallest absolute Gasteiger partial charge is 0.234 e. The van der Waals surface area contributed by atoms with Gasteiger partial charge in [-0.1, -0.05) is 26.7 Å². The van der Waals surface area contributed by atoms with Crippen LogP contribution in [0.3, 0.4) is 0 Å². The fourth-order valence-electron chi connectivity index (χ4n) is 2.67. The molecular weight excluding hydrogens is 226 g/mol. The Bertz CT molecular complexity index is 257. The molecule has 1 saturated carbocycles. The molecule has 0 spiro atoms. The molecule has 1 rings (SSSR count). The molecule has 0 heterocycles. The third-order valence-electron chi connectivity index (χ3n) is 4.21. The fraction of sp³-hybridized carbons (Fsp3) is 0.929. The van der Waals surface area contributed by atoms with Crippen molar-refractivity contribution >= 4 is 5.91 Å². The number of nitrogens with one attached hydrogen (secondary N) is 2. The molecule has 18 heavy (non-hydrogen) atoms. The van der Waals surface area contributed by atoms with Crippen LogP contribution >= 0.6 is 0 Å². The quantitative estimate of drug-likeness (QED) is 0.746. The van der Waals surface area contributed by atoms with Crippen molar-refractivity contribution in [2.75, 3.05) is 33.7 Å². The van der Waals surface area contributed by atoms with Crippen molar-refractivity contribution in [3.63, 3.8) is 0 Å². The van der Waals surface area contributed by atoms with Gasteiger partial charge >= 0.3 is 0 Å². The van der Waals surface area contributed by atoms with E-state index in [1.54, 1.807) is 0 Å². The number of rotatable bonds is 6. The number of amides is 1. The van der Waals surface area contributed by atoms with Gasteiger partial charge in [-0.25, -0.2) is 0 Å². The first-order valence-electron chi connectivity index (χ1n) is 7.17. The Morgan fingerprint density at radius 2 is 2.06 bits per heavy atom. The van der Waals surface area contributed by atoms with E-state index in [4.69, 9.17) is 0 Å². The Labute approximate surface area is 111 Å². The van der Waals surface area contributed by atoms with Gasteiger partial charge in [0.05, 0.1) is 6.54 Å². The first kappa shape index (κ1) is 15.4. The molecule has 3 unspecified atom stereocenters. The summed E-state index contributed by atoms with van der Waals surface area (Å²) in [6, 6.07) is 0.374. The molecule has 0 radical (unpaired) electrons. The molecule has 0 aromatic rings. The van der Waals surface area contributed by atoms with E-state index in [0.29, 0.717) is 18.5 Å². The highest BCUT2D eigenvalue weighted by atomic mass is 16.2. The molecule has 0 saturated heterocycles. The largest absolute Gasteiger partial charge is 0.352 e. The van der Waals surface area contributed by atoms with Gasteiger partial charge in [0, 0.05) is 19.1 Å². The third kappa shape index (κ3) is 4.94. The van der Waals surface area contributed by atoms with Crippen molar-refractivity contribution in [1.29, 1.82) is 0 Å². The highest BCUT2D eigenvalue weighted by Gasteiger charge is 2.28. The van der Waals surface area contributed by atoms with Gasteiger partial charge in [0.25, 0.3) is 0 Å². The van der Waals surface area contributed by atoms with E-state index in [0.717, 1.165) is 25.4 Å². The van der Waals surface area contributed by atoms with Crippen LogP contribution in [0.4, 0.5) is 0 Å². The molecule has 3 atom stereocenters. The molecule has 4 heteroatoms. The number of hydrogen-bond donors (Lipinski definition) is 2. The standard InChI is InChI=1S/C14H29N3O/c1-11-6-5-7-13(12(11)2)16-14(18)10-17(4)9-8-15-3/h11-13,15H,5-10H2,1-4H3,(H,16,18). The van der Waals surface area contributed by atoms with Crippen LogP contribution in [-0.2, 0) is 4.79 Å². The highest BCUT2D eigenvalue weighted by molar-refractivity contribution is 5.78. The molecule has 106 valence electrons. The van der Waals surface area contributed by atoms with Crippen molar-refractivity contribution in [2.45, 2.75) is 39.2 Å². The second kappa shape index (κ2) is 7.74. The van der Waals surface area contributed by atoms with Gasteiger partial charge < -0.3 is 10.6 Å². The summed E-state index contributed by atoms with van der Waals surface area (Å²) in [6.45, 7) is 6.88. The van der Waals surface area contributed by atoms with E-state index < -0.39 is 0 Å². The van der Waals surface area contributed by atoms with Crippen LogP contribution in [0.25, 0.3) is 0 Å². The summed E-state index contributed by atoms with van der Waals surface area (Å²) in [7, 11) is 3.92. The summed E-state index contributed by atoms with van der Waals surface area (Å²) in [6.07, 6.45) is 3.68. The Kier molecular flexibility index (Phi) is 6.65. The zero-order valence-electron chi connectivity index (χ0n) is 12.3. The molecule has 1 amide bonds. The first-order chi connectivity index (χ1) is 8.54. The van der Waals surface area contributed by atoms with E-state index in [9.17, 15) is 4.79 Å². The van der Waals surface area contributed by atoms with Crippen LogP contribution in [0.5, 0.6) is 0 Å². The van der Waals surface area contributed by atoms with Crippen molar-refractivity contribution in [3.8, 4) is 0 Å². The topological polar surface area (TPSA) is 44.4 Å². The Balaban J connectivity index is 2.30. The number of carbonyl (C=O) groups is 1. The summed E-state index contributed by atoms with van der Waals surface area (Å²) in [5.74, 6) is 1.50. The van der Waals surface area contributed by atoms with Gasteiger partial charge in [-0.15, -0.1) is 0 Å². The lowest BCUT2D eigenvalue weighted by molar-refractivity contribution is -0.123. The monoisotopic (exact) mass is 255 g/mol. The van der Waals surface area contributed by atoms with E-state index in [1.807, 2.05) is 14.1 Å². The lowest BCUT2D eigenvalue weighted by atomic mass is 9.78. The molecule has 0 bridgehead atoms. The summed E-state index contributed by atoms with van der Waals surface area (Å²) in [5, 5.41) is 6.30. The molecule has 0 aromatic heterocycles. The Morgan fingerprint density at radius 3 is 2.72 bits per heavy atom. The minimum Gasteiger partial charge on any atom is -0.352 e. The molecule has 0 aromatic carbocycles. The lowest BCUT2D eigenvalue weighted by Crippen LogP contribution is -2.47. The average Bonchev–Trinajstić information content (AvgIpc) is 2.32. The minimum atomic E-state index is 0.166. The van der Waals surface area contributed by atoms with Crippen LogP contribution in [0.15, 0.2) is 0 Å². The molecular formula is C14H29N3O. The van der Waals surface area contributed by atoms with Crippen molar-refractivity contribution in [3.05, 3.63) is 0 Å². The predicted molar refractivity (Wildman–Crippen MR) is 75.5 cm³/mol. The number of likely N-dealkylation sites (N-methyl/N-ethyl adjacent to an activating group) is 2. The van der Waals surface area contributed by atoms with Crippen molar-refractivity contribution < 1.29 is 4.79 Å². The second-order valence-electron chi connectivity index (χ2n) is 5.78. The third-order valence-corrected chi connectivity index (χ3v) is 4.21. The van der Waals surface area contributed by atoms with Gasteiger partial charge in [-0.2, -0.15) is 0 Å². The van der Waals surface area contributed by atoms with Gasteiger partial charge in [-0.05, 0) is 32.4 Å². The molecule has 0 aliphatic heterocycles. The van der Waals surface area contributed by atoms with Crippen LogP contribution in [0.1, 0.15) is 33.1 Å². The van der Waals surface area contributed by atoms with Crippen LogP contribution in [0, 0.1) is 11.8 Å². The van der Waals surface area contributed by atoms with Crippen LogP contribution in [0.2, 0.25) is 0 Å². The van der Waals surface area contributed by atoms with Gasteiger partial charge in [0.2, 0.25) is 5.91 Å². The average molecular weight is 255 g/mol. The summed E-state index contributed by atoms with van der Waals surface area (Å²) >= 11 is 0. The maximum atomic E-state index is 12.0. The minimum absolute atomic E-state index is 0.166. The maximum absolute atomic E-state index is 12.0. The first-order valence-corrected chi connectivity index (χ1v) is 7.17. The Hall–Kier alpha value is -0.610. The number of carbonyl (C=O) groups excluding carboxylic acids is 1. The Morgan fingerprint density at radius 1 is 1.33 bits per heavy atom. The van der Waals surface area contributed by atoms with Crippen LogP contribution < -0.4 is 10.6 Å². The summed E-state index contributed by atoms with van der Waals surface area (Å²) in [4.78, 5) is 14.0. The fourth-order valence-corrected chi connectivity index (χ4v) is 2.67. The maximum Gasteiger partial charge on any atom is 0.234 e. The van der Waals surface area contributed by atoms with Crippen molar-refractivity contribution in [1.82, 2.24) is 15.5 Å². The number of nitrogens with zero attached hydrogens (tertiary/aromatic N) is 1. The number of hydrogen-bond acceptors (Lipinski definition) is 3. The van der Waals surface area contributed by atoms with E-state index >= 15 is 0 Å². The second-order valence-corrected chi connectivity index (χ2v) is 5.78. The lowest BCUT2D eigenvalue weighted by Gasteiger charge is -2.35. The zero-order chi connectivity index (χ0) is 13.5. The normalized spacial score (nSPS) is 28.4. The van der Waals surface area contributed by atoms with E-state index in [2.05, 4.69) is 29.4 Å². The molecule has 1 aliphatic carbocycles. The van der Waals surface area contributed by atoms with E-state index in [1.165, 1.54) is 12.8 Å². The molecule has 1 fully saturated rings. The predicted octanol–water partition coefficient (Wildman–Crippen LogP) is 1.08. The zero-order valence-corrected chi connectivity index (χ0v) is 12.3. The van der Waals surface area contributed by atoms with E-state index in [-0.39, 0.29) is 5.91 Å². The van der Waals surface area contributed by atoms with Gasteiger partial charge in [0.15, 0.2) is 0 Å². The van der Waals surface area contributed by atoms with Gasteiger partial charge in [-0.3, -0.25) is 9.69 Å². The summed E-state index contributed by atoms with van der Waals surface area (Å²) < 4.78 is 0. The SMILES string of the molecule is CNCCN(C)CC(=O)NC1CCCC(C)C1C. The van der Waals surface area contributed by atoms with Gasteiger partial charge in [0.1, 0.15) is 0 Å². The molecule has 2 N–H and O–H groups in total. The van der Waals surface area contributed by atoms with Crippen molar-refractivity contribution in [2.24, 2.45) is 11.8 Å². The highest BCUT2D eigenvalue weighted by Crippen LogP contribution is 2.29. The molecule has 1 aliphatic rings. The van der Waals surface area contributed by atoms with Crippen LogP contribution in [-0.4, -0.2) is 50.6 Å². The molecule has 4 nitrogen and oxygen atoms in total.